The molecule has 1 aliphatic rings. The van der Waals surface area contributed by atoms with Gasteiger partial charge in [0.15, 0.2) is 5.78 Å². The van der Waals surface area contributed by atoms with Crippen LogP contribution in [0.4, 0.5) is 0 Å². The van der Waals surface area contributed by atoms with Crippen LogP contribution in [-0.2, 0) is 41.9 Å². The Morgan fingerprint density at radius 1 is 1.07 bits per heavy atom. The summed E-state index contributed by atoms with van der Waals surface area (Å²) < 4.78 is 37.7. The van der Waals surface area contributed by atoms with Crippen molar-refractivity contribution in [2.24, 2.45) is 5.92 Å². The number of nitrogens with zero attached hydrogens (tertiary/aromatic N) is 2. The third kappa shape index (κ3) is 7.40. The molecule has 1 unspecified atom stereocenters. The summed E-state index contributed by atoms with van der Waals surface area (Å²) in [6, 6.07) is 14.1. The van der Waals surface area contributed by atoms with E-state index in [2.05, 4.69) is 15.3 Å². The summed E-state index contributed by atoms with van der Waals surface area (Å²) in [6.07, 6.45) is 3.19. The number of imidazole rings is 1. The van der Waals surface area contributed by atoms with Crippen LogP contribution in [0, 0.1) is 5.92 Å². The molecule has 2 atom stereocenters. The van der Waals surface area contributed by atoms with Crippen LogP contribution in [0.15, 0.2) is 72.0 Å². The van der Waals surface area contributed by atoms with Crippen molar-refractivity contribution in [2.45, 2.75) is 30.2 Å². The Labute approximate surface area is 232 Å². The molecule has 1 fully saturated rings. The number of Topliss-reactive ketones (excluding diaryl/α,β-unsaturated/α-hetero) is 1. The van der Waals surface area contributed by atoms with Crippen molar-refractivity contribution in [3.05, 3.63) is 83.9 Å². The topological polar surface area (TPSA) is 148 Å². The number of methoxy groups -OCH3 is 1. The molecule has 2 aromatic carbocycles. The van der Waals surface area contributed by atoms with Gasteiger partial charge in [-0.25, -0.2) is 18.2 Å². The van der Waals surface area contributed by atoms with Gasteiger partial charge < -0.3 is 19.8 Å². The highest BCUT2D eigenvalue weighted by Gasteiger charge is 2.30. The molecule has 0 saturated carbocycles. The molecule has 2 N–H and O–H groups in total. The normalized spacial score (nSPS) is 15.6. The molecule has 3 aromatic rings. The van der Waals surface area contributed by atoms with E-state index >= 15 is 0 Å². The zero-order valence-corrected chi connectivity index (χ0v) is 22.9. The number of aromatic amines is 1. The Kier molecular flexibility index (Phi) is 9.80. The summed E-state index contributed by atoms with van der Waals surface area (Å²) in [6.45, 7) is 1.08. The molecule has 40 heavy (non-hydrogen) atoms. The van der Waals surface area contributed by atoms with Crippen molar-refractivity contribution in [3.63, 3.8) is 0 Å². The number of hydrogen-bond acceptors (Lipinski definition) is 8. The van der Waals surface area contributed by atoms with E-state index in [1.54, 1.807) is 6.20 Å². The Bertz CT molecular complexity index is 1410. The Morgan fingerprint density at radius 2 is 1.82 bits per heavy atom. The van der Waals surface area contributed by atoms with Gasteiger partial charge in [-0.05, 0) is 24.1 Å². The van der Waals surface area contributed by atoms with E-state index in [4.69, 9.17) is 9.47 Å². The summed E-state index contributed by atoms with van der Waals surface area (Å²) in [7, 11) is -2.57. The monoisotopic (exact) mass is 568 g/mol. The predicted octanol–water partition coefficient (Wildman–Crippen LogP) is 1.76. The number of H-pyrrole nitrogens is 1. The number of amides is 1. The van der Waals surface area contributed by atoms with Crippen molar-refractivity contribution in [1.82, 2.24) is 19.6 Å². The van der Waals surface area contributed by atoms with Crippen LogP contribution in [0.5, 0.6) is 0 Å². The third-order valence-corrected chi connectivity index (χ3v) is 8.57. The lowest BCUT2D eigenvalue weighted by Gasteiger charge is -2.26. The number of carbonyl (C=O) groups is 3. The Balaban J connectivity index is 1.54. The SMILES string of the molecule is COC(=O)[C@@H](Cc1cnc[nH]1)NC(=O)C(CC(=O)c1cccc(S(=O)(=O)N2CCOCC2)c1)Cc1ccccc1. The largest absolute Gasteiger partial charge is 0.467 e. The minimum Gasteiger partial charge on any atom is -0.467 e. The zero-order chi connectivity index (χ0) is 28.5. The number of morpholine rings is 1. The lowest BCUT2D eigenvalue weighted by atomic mass is 9.91. The molecule has 4 rings (SSSR count). The number of carbonyl (C=O) groups excluding carboxylic acids is 3. The quantitative estimate of drug-likeness (QED) is 0.248. The van der Waals surface area contributed by atoms with E-state index in [0.29, 0.717) is 18.9 Å². The van der Waals surface area contributed by atoms with Crippen LogP contribution < -0.4 is 5.32 Å². The number of nitrogens with one attached hydrogen (secondary N) is 2. The van der Waals surface area contributed by atoms with E-state index in [9.17, 15) is 22.8 Å². The van der Waals surface area contributed by atoms with Gasteiger partial charge in [0.1, 0.15) is 6.04 Å². The number of benzene rings is 2. The predicted molar refractivity (Wildman–Crippen MR) is 145 cm³/mol. The molecule has 11 nitrogen and oxygen atoms in total. The van der Waals surface area contributed by atoms with E-state index < -0.39 is 39.6 Å². The van der Waals surface area contributed by atoms with Gasteiger partial charge in [-0.15, -0.1) is 0 Å². The average Bonchev–Trinajstić information content (AvgIpc) is 3.50. The molecular formula is C28H32N4O7S. The van der Waals surface area contributed by atoms with E-state index in [1.807, 2.05) is 30.3 Å². The summed E-state index contributed by atoms with van der Waals surface area (Å²) in [5.74, 6) is -2.35. The fourth-order valence-corrected chi connectivity index (χ4v) is 5.96. The molecule has 12 heteroatoms. The van der Waals surface area contributed by atoms with Crippen LogP contribution >= 0.6 is 0 Å². The van der Waals surface area contributed by atoms with Crippen molar-refractivity contribution in [1.29, 1.82) is 0 Å². The summed E-state index contributed by atoms with van der Waals surface area (Å²) in [4.78, 5) is 46.2. The summed E-state index contributed by atoms with van der Waals surface area (Å²) in [5, 5.41) is 2.73. The van der Waals surface area contributed by atoms with Crippen LogP contribution in [0.25, 0.3) is 0 Å². The second-order valence-electron chi connectivity index (χ2n) is 9.42. The van der Waals surface area contributed by atoms with Gasteiger partial charge >= 0.3 is 5.97 Å². The molecule has 1 aromatic heterocycles. The molecular weight excluding hydrogens is 536 g/mol. The first-order chi connectivity index (χ1) is 19.3. The maximum atomic E-state index is 13.5. The number of hydrogen-bond donors (Lipinski definition) is 2. The van der Waals surface area contributed by atoms with E-state index in [0.717, 1.165) is 5.56 Å². The minimum absolute atomic E-state index is 0.00891. The van der Waals surface area contributed by atoms with Crippen molar-refractivity contribution < 1.29 is 32.3 Å². The second-order valence-corrected chi connectivity index (χ2v) is 11.4. The highest BCUT2D eigenvalue weighted by molar-refractivity contribution is 7.89. The van der Waals surface area contributed by atoms with Crippen LogP contribution in [-0.4, -0.2) is 79.8 Å². The second kappa shape index (κ2) is 13.5. The number of rotatable bonds is 12. The lowest BCUT2D eigenvalue weighted by Crippen LogP contribution is -2.46. The fourth-order valence-electron chi connectivity index (χ4n) is 4.51. The molecule has 0 bridgehead atoms. The number of esters is 1. The fraction of sp³-hybridized carbons (Fsp3) is 0.357. The van der Waals surface area contributed by atoms with E-state index in [1.165, 1.54) is 42.0 Å². The van der Waals surface area contributed by atoms with Gasteiger partial charge in [0, 0.05) is 49.3 Å². The van der Waals surface area contributed by atoms with Gasteiger partial charge in [0.25, 0.3) is 0 Å². The van der Waals surface area contributed by atoms with Gasteiger partial charge in [0.2, 0.25) is 15.9 Å². The number of aromatic nitrogens is 2. The molecule has 0 aliphatic carbocycles. The molecule has 2 heterocycles. The Hall–Kier alpha value is -3.87. The molecule has 1 saturated heterocycles. The summed E-state index contributed by atoms with van der Waals surface area (Å²) >= 11 is 0. The number of ketones is 1. The van der Waals surface area contributed by atoms with Crippen LogP contribution in [0.1, 0.15) is 28.0 Å². The summed E-state index contributed by atoms with van der Waals surface area (Å²) in [5.41, 5.74) is 1.65. The molecule has 1 aliphatic heterocycles. The standard InChI is InChI=1S/C28H32N4O7S/c1-38-28(35)25(17-23-18-29-19-30-23)31-27(34)22(14-20-6-3-2-4-7-20)16-26(33)21-8-5-9-24(15-21)40(36,37)32-10-12-39-13-11-32/h2-9,15,18-19,22,25H,10-14,16-17H2,1H3,(H,29,30)(H,31,34)/t22?,25-/m1/s1. The van der Waals surface area contributed by atoms with Gasteiger partial charge in [-0.2, -0.15) is 4.31 Å². The van der Waals surface area contributed by atoms with Gasteiger partial charge in [0.05, 0.1) is 31.5 Å². The van der Waals surface area contributed by atoms with Crippen molar-refractivity contribution in [3.8, 4) is 0 Å². The average molecular weight is 569 g/mol. The maximum Gasteiger partial charge on any atom is 0.328 e. The zero-order valence-electron chi connectivity index (χ0n) is 22.1. The number of sulfonamides is 1. The first-order valence-electron chi connectivity index (χ1n) is 12.9. The first-order valence-corrected chi connectivity index (χ1v) is 14.3. The van der Waals surface area contributed by atoms with E-state index in [-0.39, 0.29) is 42.8 Å². The Morgan fingerprint density at radius 3 is 2.50 bits per heavy atom. The molecule has 212 valence electrons. The first kappa shape index (κ1) is 29.1. The molecule has 1 amide bonds. The highest BCUT2D eigenvalue weighted by atomic mass is 32.2. The lowest BCUT2D eigenvalue weighted by molar-refractivity contribution is -0.145. The van der Waals surface area contributed by atoms with Gasteiger partial charge in [-0.3, -0.25) is 9.59 Å². The minimum atomic E-state index is -3.80. The smallest absolute Gasteiger partial charge is 0.328 e. The van der Waals surface area contributed by atoms with Crippen molar-refractivity contribution in [2.75, 3.05) is 33.4 Å². The number of ether oxygens (including phenoxy) is 2. The van der Waals surface area contributed by atoms with Crippen molar-refractivity contribution >= 4 is 27.7 Å². The van der Waals surface area contributed by atoms with Crippen LogP contribution in [0.2, 0.25) is 0 Å². The maximum absolute atomic E-state index is 13.5. The van der Waals surface area contributed by atoms with Gasteiger partial charge in [-0.1, -0.05) is 42.5 Å². The third-order valence-electron chi connectivity index (χ3n) is 6.67. The highest BCUT2D eigenvalue weighted by Crippen LogP contribution is 2.22. The molecule has 0 radical (unpaired) electrons. The molecule has 0 spiro atoms. The van der Waals surface area contributed by atoms with Crippen LogP contribution in [0.3, 0.4) is 0 Å².